The van der Waals surface area contributed by atoms with Crippen molar-refractivity contribution in [3.63, 3.8) is 0 Å². The summed E-state index contributed by atoms with van der Waals surface area (Å²) in [6.07, 6.45) is 9.59. The van der Waals surface area contributed by atoms with Gasteiger partial charge in [0.1, 0.15) is 0 Å². The average Bonchev–Trinajstić information content (AvgIpc) is 2.85. The molecule has 2 atom stereocenters. The maximum Gasteiger partial charge on any atom is 0.226 e. The molecule has 0 radical (unpaired) electrons. The fraction of sp³-hybridized carbons (Fsp3) is 0.941. The van der Waals surface area contributed by atoms with Crippen molar-refractivity contribution in [3.8, 4) is 0 Å². The van der Waals surface area contributed by atoms with E-state index >= 15 is 0 Å². The van der Waals surface area contributed by atoms with E-state index in [4.69, 9.17) is 0 Å². The molecule has 1 amide bonds. The third-order valence-corrected chi connectivity index (χ3v) is 5.51. The molecule has 116 valence electrons. The highest BCUT2D eigenvalue weighted by Gasteiger charge is 2.37. The van der Waals surface area contributed by atoms with E-state index in [1.165, 1.54) is 32.1 Å². The molecule has 3 nitrogen and oxygen atoms in total. The Morgan fingerprint density at radius 3 is 2.50 bits per heavy atom. The van der Waals surface area contributed by atoms with Crippen LogP contribution in [0.5, 0.6) is 0 Å². The number of aliphatic hydroxyl groups excluding tert-OH is 1. The first kappa shape index (κ1) is 15.8. The van der Waals surface area contributed by atoms with Gasteiger partial charge in [-0.25, -0.2) is 0 Å². The van der Waals surface area contributed by atoms with E-state index in [1.54, 1.807) is 0 Å². The molecule has 0 bridgehead atoms. The zero-order valence-corrected chi connectivity index (χ0v) is 13.2. The summed E-state index contributed by atoms with van der Waals surface area (Å²) in [4.78, 5) is 14.6. The molecule has 1 aliphatic heterocycles. The van der Waals surface area contributed by atoms with Gasteiger partial charge in [0.2, 0.25) is 5.91 Å². The molecule has 2 fully saturated rings. The van der Waals surface area contributed by atoms with Crippen LogP contribution in [0.1, 0.15) is 65.2 Å². The smallest absolute Gasteiger partial charge is 0.226 e. The lowest BCUT2D eigenvalue weighted by Gasteiger charge is -2.33. The Balaban J connectivity index is 1.82. The Hall–Kier alpha value is -0.570. The summed E-state index contributed by atoms with van der Waals surface area (Å²) in [5, 5.41) is 9.50. The molecular formula is C17H31NO2. The quantitative estimate of drug-likeness (QED) is 0.840. The molecular weight excluding hydrogens is 250 g/mol. The van der Waals surface area contributed by atoms with E-state index in [9.17, 15) is 9.90 Å². The van der Waals surface area contributed by atoms with Crippen molar-refractivity contribution < 1.29 is 9.90 Å². The van der Waals surface area contributed by atoms with Crippen LogP contribution in [-0.4, -0.2) is 35.1 Å². The lowest BCUT2D eigenvalue weighted by atomic mass is 9.79. The molecule has 0 aromatic carbocycles. The second kappa shape index (κ2) is 7.44. The van der Waals surface area contributed by atoms with E-state index < -0.39 is 0 Å². The van der Waals surface area contributed by atoms with Crippen molar-refractivity contribution in [2.75, 3.05) is 13.2 Å². The van der Waals surface area contributed by atoms with Gasteiger partial charge in [0.15, 0.2) is 0 Å². The van der Waals surface area contributed by atoms with Crippen molar-refractivity contribution in [3.05, 3.63) is 0 Å². The Morgan fingerprint density at radius 1 is 1.20 bits per heavy atom. The van der Waals surface area contributed by atoms with Crippen LogP contribution < -0.4 is 0 Å². The van der Waals surface area contributed by atoms with Gasteiger partial charge in [-0.3, -0.25) is 4.79 Å². The fourth-order valence-electron chi connectivity index (χ4n) is 3.99. The first-order valence-corrected chi connectivity index (χ1v) is 8.58. The molecule has 0 aromatic heterocycles. The number of rotatable bonds is 5. The van der Waals surface area contributed by atoms with Gasteiger partial charge in [-0.15, -0.1) is 0 Å². The van der Waals surface area contributed by atoms with Crippen LogP contribution in [0.15, 0.2) is 0 Å². The van der Waals surface area contributed by atoms with Crippen molar-refractivity contribution in [2.45, 2.75) is 71.3 Å². The fourth-order valence-corrected chi connectivity index (χ4v) is 3.99. The number of aliphatic hydroxyl groups is 1. The highest BCUT2D eigenvalue weighted by atomic mass is 16.3. The number of hydrogen-bond acceptors (Lipinski definition) is 2. The first-order valence-electron chi connectivity index (χ1n) is 8.58. The van der Waals surface area contributed by atoms with Crippen LogP contribution in [0, 0.1) is 17.8 Å². The highest BCUT2D eigenvalue weighted by Crippen LogP contribution is 2.35. The maximum absolute atomic E-state index is 12.7. The monoisotopic (exact) mass is 281 g/mol. The minimum absolute atomic E-state index is 0.0697. The zero-order chi connectivity index (χ0) is 14.5. The van der Waals surface area contributed by atoms with Gasteiger partial charge >= 0.3 is 0 Å². The number of carbonyl (C=O) groups excluding carboxylic acids is 1. The molecule has 20 heavy (non-hydrogen) atoms. The maximum atomic E-state index is 12.7. The first-order chi connectivity index (χ1) is 9.67. The largest absolute Gasteiger partial charge is 0.394 e. The number of hydrogen-bond donors (Lipinski definition) is 1. The second-order valence-electron chi connectivity index (χ2n) is 6.91. The minimum Gasteiger partial charge on any atom is -0.394 e. The summed E-state index contributed by atoms with van der Waals surface area (Å²) in [7, 11) is 0. The molecule has 2 rings (SSSR count). The second-order valence-corrected chi connectivity index (χ2v) is 6.91. The van der Waals surface area contributed by atoms with E-state index in [2.05, 4.69) is 13.8 Å². The molecule has 3 heteroatoms. The minimum atomic E-state index is 0.0697. The van der Waals surface area contributed by atoms with Gasteiger partial charge in [0.25, 0.3) is 0 Å². The van der Waals surface area contributed by atoms with Crippen LogP contribution >= 0.6 is 0 Å². The molecule has 1 heterocycles. The van der Waals surface area contributed by atoms with Crippen LogP contribution in [0.3, 0.4) is 0 Å². The van der Waals surface area contributed by atoms with E-state index in [-0.39, 0.29) is 18.6 Å². The molecule has 1 saturated heterocycles. The molecule has 2 aliphatic rings. The van der Waals surface area contributed by atoms with Crippen molar-refractivity contribution in [2.24, 2.45) is 17.8 Å². The van der Waals surface area contributed by atoms with Crippen molar-refractivity contribution >= 4 is 5.91 Å². The molecule has 0 aromatic rings. The highest BCUT2D eigenvalue weighted by molar-refractivity contribution is 5.79. The summed E-state index contributed by atoms with van der Waals surface area (Å²) in [5.74, 6) is 1.85. The third kappa shape index (κ3) is 3.55. The van der Waals surface area contributed by atoms with Gasteiger partial charge in [-0.2, -0.15) is 0 Å². The Bertz CT molecular complexity index is 310. The molecule has 0 spiro atoms. The number of likely N-dealkylation sites (tertiary alicyclic amines) is 1. The topological polar surface area (TPSA) is 40.5 Å². The number of carbonyl (C=O) groups is 1. The van der Waals surface area contributed by atoms with Crippen molar-refractivity contribution in [1.29, 1.82) is 0 Å². The van der Waals surface area contributed by atoms with Gasteiger partial charge < -0.3 is 10.0 Å². The van der Waals surface area contributed by atoms with E-state index in [1.807, 2.05) is 4.90 Å². The summed E-state index contributed by atoms with van der Waals surface area (Å²) in [6.45, 7) is 5.37. The van der Waals surface area contributed by atoms with Gasteiger partial charge in [0.05, 0.1) is 12.6 Å². The normalized spacial score (nSPS) is 34.5. The van der Waals surface area contributed by atoms with Crippen molar-refractivity contribution in [1.82, 2.24) is 4.90 Å². The Labute approximate surface area is 123 Å². The van der Waals surface area contributed by atoms with E-state index in [0.717, 1.165) is 31.7 Å². The average molecular weight is 281 g/mol. The van der Waals surface area contributed by atoms with Gasteiger partial charge in [-0.05, 0) is 43.9 Å². The molecule has 1 aliphatic carbocycles. The van der Waals surface area contributed by atoms with Crippen LogP contribution in [-0.2, 0) is 4.79 Å². The predicted octanol–water partition coefficient (Wildman–Crippen LogP) is 3.21. The SMILES string of the molecule is CCCCC1CCC(C(=O)N2CCC(C)C2CO)CC1. The summed E-state index contributed by atoms with van der Waals surface area (Å²) >= 11 is 0. The lowest BCUT2D eigenvalue weighted by Crippen LogP contribution is -2.43. The molecule has 2 unspecified atom stereocenters. The van der Waals surface area contributed by atoms with Gasteiger partial charge in [-0.1, -0.05) is 33.1 Å². The molecule has 1 N–H and O–H groups in total. The van der Waals surface area contributed by atoms with Gasteiger partial charge in [0, 0.05) is 12.5 Å². The summed E-state index contributed by atoms with van der Waals surface area (Å²) in [6, 6.07) is 0.0697. The zero-order valence-electron chi connectivity index (χ0n) is 13.2. The number of unbranched alkanes of at least 4 members (excludes halogenated alkanes) is 1. The van der Waals surface area contributed by atoms with Crippen LogP contribution in [0.2, 0.25) is 0 Å². The Kier molecular flexibility index (Phi) is 5.88. The number of nitrogens with zero attached hydrogens (tertiary/aromatic N) is 1. The summed E-state index contributed by atoms with van der Waals surface area (Å²) < 4.78 is 0. The standard InChI is InChI=1S/C17H31NO2/c1-3-4-5-14-6-8-15(9-7-14)17(20)18-11-10-13(2)16(18)12-19/h13-16,19H,3-12H2,1-2H3. The van der Waals surface area contributed by atoms with Crippen LogP contribution in [0.25, 0.3) is 0 Å². The predicted molar refractivity (Wildman–Crippen MR) is 81.3 cm³/mol. The third-order valence-electron chi connectivity index (χ3n) is 5.51. The van der Waals surface area contributed by atoms with Crippen LogP contribution in [0.4, 0.5) is 0 Å². The number of amides is 1. The van der Waals surface area contributed by atoms with E-state index in [0.29, 0.717) is 11.8 Å². The Morgan fingerprint density at radius 2 is 1.90 bits per heavy atom. The lowest BCUT2D eigenvalue weighted by molar-refractivity contribution is -0.138. The molecule has 1 saturated carbocycles. The summed E-state index contributed by atoms with van der Waals surface area (Å²) in [5.41, 5.74) is 0.